The number of furan rings is 1. The van der Waals surface area contributed by atoms with Crippen molar-refractivity contribution in [3.8, 4) is 11.5 Å². The summed E-state index contributed by atoms with van der Waals surface area (Å²) in [6.45, 7) is 1.68. The number of non-ortho nitro benzene ring substituents is 1. The first-order chi connectivity index (χ1) is 12.0. The quantitative estimate of drug-likeness (QED) is 0.420. The lowest BCUT2D eigenvalue weighted by atomic mass is 10.1. The summed E-state index contributed by atoms with van der Waals surface area (Å²) in [5, 5.41) is 21.3. The fourth-order valence-electron chi connectivity index (χ4n) is 2.08. The van der Waals surface area contributed by atoms with Gasteiger partial charge in [-0.2, -0.15) is 10.2 Å². The normalized spacial score (nSPS) is 11.3. The van der Waals surface area contributed by atoms with Crippen LogP contribution in [-0.2, 0) is 0 Å². The third-order valence-electron chi connectivity index (χ3n) is 3.42. The van der Waals surface area contributed by atoms with E-state index < -0.39 is 10.8 Å². The van der Waals surface area contributed by atoms with E-state index in [1.165, 1.54) is 18.4 Å². The van der Waals surface area contributed by atoms with Gasteiger partial charge in [0.1, 0.15) is 5.69 Å². The molecule has 0 aliphatic rings. The largest absolute Gasteiger partial charge is 0.463 e. The summed E-state index contributed by atoms with van der Waals surface area (Å²) >= 11 is 0. The van der Waals surface area contributed by atoms with Gasteiger partial charge in [0.15, 0.2) is 11.5 Å². The number of carbonyl (C=O) groups excluding carboxylic acids is 1. The molecule has 2 N–H and O–H groups in total. The van der Waals surface area contributed by atoms with Crippen molar-refractivity contribution in [3.05, 3.63) is 70.1 Å². The number of benzene rings is 1. The molecular formula is C16H13N5O4. The van der Waals surface area contributed by atoms with Gasteiger partial charge in [0.05, 0.1) is 16.9 Å². The van der Waals surface area contributed by atoms with Gasteiger partial charge in [0.25, 0.3) is 11.6 Å². The number of rotatable bonds is 5. The van der Waals surface area contributed by atoms with Gasteiger partial charge >= 0.3 is 0 Å². The number of hydrazone groups is 1. The van der Waals surface area contributed by atoms with Crippen LogP contribution in [0.2, 0.25) is 0 Å². The minimum atomic E-state index is -0.490. The van der Waals surface area contributed by atoms with Crippen LogP contribution in [0.4, 0.5) is 5.69 Å². The summed E-state index contributed by atoms with van der Waals surface area (Å²) in [6.07, 6.45) is 1.52. The standard InChI is InChI=1S/C16H13N5O4/c1-10(11-4-6-12(7-5-11)21(23)24)17-20-16(22)14-9-13(18-19-14)15-3-2-8-25-15/h2-9H,1H3,(H,18,19)(H,20,22)/b17-10+. The average molecular weight is 339 g/mol. The highest BCUT2D eigenvalue weighted by Crippen LogP contribution is 2.17. The third kappa shape index (κ3) is 3.61. The summed E-state index contributed by atoms with van der Waals surface area (Å²) in [5.74, 6) is 0.0763. The molecule has 0 atom stereocenters. The zero-order valence-electron chi connectivity index (χ0n) is 13.1. The molecule has 0 fully saturated rings. The summed E-state index contributed by atoms with van der Waals surface area (Å²) in [4.78, 5) is 22.2. The van der Waals surface area contributed by atoms with Gasteiger partial charge in [-0.25, -0.2) is 5.43 Å². The first-order valence-electron chi connectivity index (χ1n) is 7.23. The van der Waals surface area contributed by atoms with Gasteiger partial charge in [-0.05, 0) is 36.8 Å². The van der Waals surface area contributed by atoms with Crippen molar-refractivity contribution in [1.29, 1.82) is 0 Å². The summed E-state index contributed by atoms with van der Waals surface area (Å²) in [6, 6.07) is 10.9. The van der Waals surface area contributed by atoms with Gasteiger partial charge in [0.2, 0.25) is 0 Å². The highest BCUT2D eigenvalue weighted by molar-refractivity contribution is 6.00. The van der Waals surface area contributed by atoms with Gasteiger partial charge < -0.3 is 4.42 Å². The second-order valence-electron chi connectivity index (χ2n) is 5.09. The molecule has 1 aromatic carbocycles. The van der Waals surface area contributed by atoms with Crippen molar-refractivity contribution in [1.82, 2.24) is 15.6 Å². The van der Waals surface area contributed by atoms with Crippen LogP contribution in [0.1, 0.15) is 23.0 Å². The van der Waals surface area contributed by atoms with Gasteiger partial charge in [-0.15, -0.1) is 0 Å². The molecule has 1 amide bonds. The number of nitrogens with one attached hydrogen (secondary N) is 2. The Kier molecular flexibility index (Phi) is 4.38. The predicted molar refractivity (Wildman–Crippen MR) is 89.1 cm³/mol. The molecule has 3 aromatic rings. The SMILES string of the molecule is C/C(=N\NC(=O)c1cc(-c2ccco2)[nH]n1)c1ccc([N+](=O)[O-])cc1. The van der Waals surface area contributed by atoms with E-state index in [1.807, 2.05) is 0 Å². The van der Waals surface area contributed by atoms with Crippen molar-refractivity contribution in [2.45, 2.75) is 6.92 Å². The van der Waals surface area contributed by atoms with Crippen LogP contribution in [-0.4, -0.2) is 26.7 Å². The molecule has 9 heteroatoms. The Labute approximate surface area is 141 Å². The topological polar surface area (TPSA) is 126 Å². The molecule has 0 spiro atoms. The fraction of sp³-hybridized carbons (Fsp3) is 0.0625. The zero-order valence-corrected chi connectivity index (χ0v) is 13.1. The molecule has 3 rings (SSSR count). The maximum absolute atomic E-state index is 12.1. The number of nitro groups is 1. The van der Waals surface area contributed by atoms with Crippen LogP contribution >= 0.6 is 0 Å². The van der Waals surface area contributed by atoms with Crippen LogP contribution < -0.4 is 5.43 Å². The molecule has 0 saturated heterocycles. The van der Waals surface area contributed by atoms with Crippen LogP contribution in [0, 0.1) is 10.1 Å². The molecule has 0 aliphatic heterocycles. The summed E-state index contributed by atoms with van der Waals surface area (Å²) < 4.78 is 5.22. The number of hydrogen-bond donors (Lipinski definition) is 2. The molecule has 126 valence electrons. The minimum Gasteiger partial charge on any atom is -0.463 e. The van der Waals surface area contributed by atoms with E-state index in [0.29, 0.717) is 22.7 Å². The zero-order chi connectivity index (χ0) is 17.8. The lowest BCUT2D eigenvalue weighted by Gasteiger charge is -2.01. The Bertz CT molecular complexity index is 926. The van der Waals surface area contributed by atoms with Crippen molar-refractivity contribution < 1.29 is 14.1 Å². The highest BCUT2D eigenvalue weighted by Gasteiger charge is 2.12. The lowest BCUT2D eigenvalue weighted by molar-refractivity contribution is -0.384. The first-order valence-corrected chi connectivity index (χ1v) is 7.23. The van der Waals surface area contributed by atoms with Crippen molar-refractivity contribution in [2.75, 3.05) is 0 Å². The molecule has 0 bridgehead atoms. The maximum atomic E-state index is 12.1. The molecule has 0 radical (unpaired) electrons. The van der Waals surface area contributed by atoms with Crippen LogP contribution in [0.5, 0.6) is 0 Å². The monoisotopic (exact) mass is 339 g/mol. The summed E-state index contributed by atoms with van der Waals surface area (Å²) in [5.41, 5.74) is 4.28. The molecule has 25 heavy (non-hydrogen) atoms. The summed E-state index contributed by atoms with van der Waals surface area (Å²) in [7, 11) is 0. The number of carbonyl (C=O) groups is 1. The Hall–Kier alpha value is -3.75. The third-order valence-corrected chi connectivity index (χ3v) is 3.42. The minimum absolute atomic E-state index is 0.0115. The Balaban J connectivity index is 1.68. The maximum Gasteiger partial charge on any atom is 0.291 e. The Morgan fingerprint density at radius 2 is 2.08 bits per heavy atom. The van der Waals surface area contributed by atoms with Crippen LogP contribution in [0.15, 0.2) is 58.2 Å². The van der Waals surface area contributed by atoms with E-state index in [-0.39, 0.29) is 11.4 Å². The fourth-order valence-corrected chi connectivity index (χ4v) is 2.08. The van der Waals surface area contributed by atoms with E-state index in [2.05, 4.69) is 20.7 Å². The van der Waals surface area contributed by atoms with E-state index in [1.54, 1.807) is 37.3 Å². The molecule has 0 saturated carbocycles. The Morgan fingerprint density at radius 1 is 1.32 bits per heavy atom. The van der Waals surface area contributed by atoms with E-state index in [4.69, 9.17) is 4.42 Å². The smallest absolute Gasteiger partial charge is 0.291 e. The first kappa shape index (κ1) is 16.1. The number of hydrogen-bond acceptors (Lipinski definition) is 6. The molecule has 9 nitrogen and oxygen atoms in total. The second-order valence-corrected chi connectivity index (χ2v) is 5.09. The molecular weight excluding hydrogens is 326 g/mol. The van der Waals surface area contributed by atoms with E-state index in [9.17, 15) is 14.9 Å². The van der Waals surface area contributed by atoms with Crippen molar-refractivity contribution in [3.63, 3.8) is 0 Å². The molecule has 0 unspecified atom stereocenters. The average Bonchev–Trinajstić information content (AvgIpc) is 3.30. The predicted octanol–water partition coefficient (Wildman–Crippen LogP) is 2.73. The van der Waals surface area contributed by atoms with Crippen LogP contribution in [0.25, 0.3) is 11.5 Å². The molecule has 2 heterocycles. The van der Waals surface area contributed by atoms with Gasteiger partial charge in [-0.3, -0.25) is 20.0 Å². The number of amides is 1. The molecule has 2 aromatic heterocycles. The Morgan fingerprint density at radius 3 is 2.72 bits per heavy atom. The lowest BCUT2D eigenvalue weighted by Crippen LogP contribution is -2.19. The number of H-pyrrole nitrogens is 1. The van der Waals surface area contributed by atoms with Gasteiger partial charge in [-0.1, -0.05) is 0 Å². The van der Waals surface area contributed by atoms with Gasteiger partial charge in [0, 0.05) is 18.2 Å². The number of aromatic amines is 1. The van der Waals surface area contributed by atoms with Crippen molar-refractivity contribution in [2.24, 2.45) is 5.10 Å². The number of aromatic nitrogens is 2. The van der Waals surface area contributed by atoms with Crippen LogP contribution in [0.3, 0.4) is 0 Å². The highest BCUT2D eigenvalue weighted by atomic mass is 16.6. The number of nitrogens with zero attached hydrogens (tertiary/aromatic N) is 3. The van der Waals surface area contributed by atoms with Crippen molar-refractivity contribution >= 4 is 17.3 Å². The number of nitro benzene ring substituents is 1. The molecule has 0 aliphatic carbocycles. The van der Waals surface area contributed by atoms with E-state index >= 15 is 0 Å². The van der Waals surface area contributed by atoms with E-state index in [0.717, 1.165) is 0 Å². The second kappa shape index (κ2) is 6.79.